The van der Waals surface area contributed by atoms with E-state index in [1.165, 1.54) is 16.5 Å². The first-order chi connectivity index (χ1) is 7.59. The van der Waals surface area contributed by atoms with Crippen LogP contribution in [0.4, 0.5) is 0 Å². The number of hydrogen-bond acceptors (Lipinski definition) is 2. The second-order valence-corrected chi connectivity index (χ2v) is 4.59. The summed E-state index contributed by atoms with van der Waals surface area (Å²) in [6.45, 7) is 6.53. The summed E-state index contributed by atoms with van der Waals surface area (Å²) in [5, 5.41) is 9.07. The molecule has 0 aliphatic rings. The minimum Gasteiger partial charge on any atom is -0.308 e. The molecule has 0 radical (unpaired) electrons. The zero-order chi connectivity index (χ0) is 11.7. The Morgan fingerprint density at radius 1 is 1.25 bits per heavy atom. The zero-order valence-electron chi connectivity index (χ0n) is 10.4. The van der Waals surface area contributed by atoms with Crippen LogP contribution in [0.25, 0.3) is 10.9 Å². The molecule has 2 rings (SSSR count). The number of benzene rings is 1. The molecule has 0 spiro atoms. The molecular formula is C13H19N3. The van der Waals surface area contributed by atoms with Crippen LogP contribution in [0.5, 0.6) is 0 Å². The van der Waals surface area contributed by atoms with Crippen LogP contribution in [-0.2, 0) is 7.05 Å². The lowest BCUT2D eigenvalue weighted by Crippen LogP contribution is -2.26. The smallest absolute Gasteiger partial charge is 0.0682 e. The van der Waals surface area contributed by atoms with Gasteiger partial charge in [0.25, 0.3) is 0 Å². The normalized spacial score (nSPS) is 13.6. The van der Waals surface area contributed by atoms with Crippen molar-refractivity contribution < 1.29 is 0 Å². The van der Waals surface area contributed by atoms with Crippen molar-refractivity contribution in [2.75, 3.05) is 0 Å². The van der Waals surface area contributed by atoms with Crippen molar-refractivity contribution in [2.45, 2.75) is 32.9 Å². The van der Waals surface area contributed by atoms with Crippen LogP contribution in [-0.4, -0.2) is 15.8 Å². The third kappa shape index (κ3) is 1.95. The number of aromatic nitrogens is 2. The number of hydrogen-bond donors (Lipinski definition) is 1. The first kappa shape index (κ1) is 11.1. The summed E-state index contributed by atoms with van der Waals surface area (Å²) in [6, 6.07) is 7.21. The van der Waals surface area contributed by atoms with Crippen molar-refractivity contribution in [1.29, 1.82) is 0 Å². The van der Waals surface area contributed by atoms with E-state index < -0.39 is 0 Å². The standard InChI is InChI=1S/C13H19N3/c1-9(2)15-10(3)11-6-5-7-13-12(11)8-14-16(13)4/h5-10,15H,1-4H3/t10-/m1/s1. The molecule has 0 amide bonds. The molecule has 3 nitrogen and oxygen atoms in total. The van der Waals surface area contributed by atoms with Crippen LogP contribution in [0.15, 0.2) is 24.4 Å². The summed E-state index contributed by atoms with van der Waals surface area (Å²) in [7, 11) is 1.98. The van der Waals surface area contributed by atoms with Gasteiger partial charge in [-0.05, 0) is 18.6 Å². The molecule has 1 N–H and O–H groups in total. The monoisotopic (exact) mass is 217 g/mol. The summed E-state index contributed by atoms with van der Waals surface area (Å²) in [4.78, 5) is 0. The van der Waals surface area contributed by atoms with Gasteiger partial charge in [0, 0.05) is 24.5 Å². The van der Waals surface area contributed by atoms with Gasteiger partial charge in [-0.3, -0.25) is 4.68 Å². The molecular weight excluding hydrogens is 198 g/mol. The highest BCUT2D eigenvalue weighted by molar-refractivity contribution is 5.82. The van der Waals surface area contributed by atoms with Gasteiger partial charge in [0.05, 0.1) is 11.7 Å². The van der Waals surface area contributed by atoms with Gasteiger partial charge in [-0.15, -0.1) is 0 Å². The topological polar surface area (TPSA) is 29.9 Å². The first-order valence-corrected chi connectivity index (χ1v) is 5.76. The van der Waals surface area contributed by atoms with E-state index in [2.05, 4.69) is 49.4 Å². The molecule has 86 valence electrons. The van der Waals surface area contributed by atoms with Gasteiger partial charge in [-0.2, -0.15) is 5.10 Å². The van der Waals surface area contributed by atoms with E-state index in [1.807, 2.05) is 17.9 Å². The van der Waals surface area contributed by atoms with Gasteiger partial charge >= 0.3 is 0 Å². The summed E-state index contributed by atoms with van der Waals surface area (Å²) in [6.07, 6.45) is 1.95. The Labute approximate surface area is 96.5 Å². The Morgan fingerprint density at radius 2 is 2.00 bits per heavy atom. The van der Waals surface area contributed by atoms with Crippen molar-refractivity contribution in [3.05, 3.63) is 30.0 Å². The minimum absolute atomic E-state index is 0.355. The van der Waals surface area contributed by atoms with Crippen molar-refractivity contribution in [3.63, 3.8) is 0 Å². The molecule has 0 saturated heterocycles. The van der Waals surface area contributed by atoms with Crippen molar-refractivity contribution in [1.82, 2.24) is 15.1 Å². The molecule has 0 fully saturated rings. The molecule has 1 atom stereocenters. The van der Waals surface area contributed by atoms with Crippen LogP contribution < -0.4 is 5.32 Å². The molecule has 0 unspecified atom stereocenters. The van der Waals surface area contributed by atoms with E-state index in [0.717, 1.165) is 0 Å². The van der Waals surface area contributed by atoms with Gasteiger partial charge in [-0.1, -0.05) is 26.0 Å². The Kier molecular flexibility index (Phi) is 2.97. The van der Waals surface area contributed by atoms with Gasteiger partial charge < -0.3 is 5.32 Å². The Balaban J connectivity index is 2.44. The lowest BCUT2D eigenvalue weighted by molar-refractivity contribution is 0.508. The van der Waals surface area contributed by atoms with E-state index in [-0.39, 0.29) is 0 Å². The summed E-state index contributed by atoms with van der Waals surface area (Å²) >= 11 is 0. The van der Waals surface area contributed by atoms with E-state index in [4.69, 9.17) is 0 Å². The van der Waals surface area contributed by atoms with Crippen molar-refractivity contribution in [2.24, 2.45) is 7.05 Å². The van der Waals surface area contributed by atoms with Crippen LogP contribution in [0, 0.1) is 0 Å². The van der Waals surface area contributed by atoms with Gasteiger partial charge in [0.15, 0.2) is 0 Å². The van der Waals surface area contributed by atoms with E-state index in [9.17, 15) is 0 Å². The maximum Gasteiger partial charge on any atom is 0.0682 e. The van der Waals surface area contributed by atoms with Crippen LogP contribution in [0.2, 0.25) is 0 Å². The third-order valence-corrected chi connectivity index (χ3v) is 2.88. The highest BCUT2D eigenvalue weighted by Gasteiger charge is 2.11. The zero-order valence-corrected chi connectivity index (χ0v) is 10.4. The van der Waals surface area contributed by atoms with Gasteiger partial charge in [0.2, 0.25) is 0 Å². The fraction of sp³-hybridized carbons (Fsp3) is 0.462. The quantitative estimate of drug-likeness (QED) is 0.856. The number of aryl methyl sites for hydroxylation is 1. The van der Waals surface area contributed by atoms with Crippen LogP contribution in [0.1, 0.15) is 32.4 Å². The lowest BCUT2D eigenvalue weighted by atomic mass is 10.0. The second-order valence-electron chi connectivity index (χ2n) is 4.59. The molecule has 0 aliphatic carbocycles. The SMILES string of the molecule is CC(C)N[C@H](C)c1cccc2c1cnn2C. The highest BCUT2D eigenvalue weighted by atomic mass is 15.2. The summed E-state index contributed by atoms with van der Waals surface area (Å²) in [5.74, 6) is 0. The number of fused-ring (bicyclic) bond motifs is 1. The molecule has 3 heteroatoms. The van der Waals surface area contributed by atoms with Crippen LogP contribution >= 0.6 is 0 Å². The molecule has 0 bridgehead atoms. The molecule has 2 aromatic rings. The predicted molar refractivity (Wildman–Crippen MR) is 67.4 cm³/mol. The molecule has 0 aliphatic heterocycles. The van der Waals surface area contributed by atoms with Gasteiger partial charge in [0.1, 0.15) is 0 Å². The first-order valence-electron chi connectivity index (χ1n) is 5.76. The molecule has 1 aromatic heterocycles. The number of nitrogens with zero attached hydrogens (tertiary/aromatic N) is 2. The Morgan fingerprint density at radius 3 is 2.69 bits per heavy atom. The average molecular weight is 217 g/mol. The van der Waals surface area contributed by atoms with Crippen molar-refractivity contribution in [3.8, 4) is 0 Å². The molecule has 16 heavy (non-hydrogen) atoms. The summed E-state index contributed by atoms with van der Waals surface area (Å²) < 4.78 is 1.92. The van der Waals surface area contributed by atoms with E-state index in [1.54, 1.807) is 0 Å². The highest BCUT2D eigenvalue weighted by Crippen LogP contribution is 2.23. The van der Waals surface area contributed by atoms with E-state index >= 15 is 0 Å². The Hall–Kier alpha value is -1.35. The second kappa shape index (κ2) is 4.26. The predicted octanol–water partition coefficient (Wildman–Crippen LogP) is 2.63. The maximum atomic E-state index is 4.31. The minimum atomic E-state index is 0.355. The van der Waals surface area contributed by atoms with E-state index in [0.29, 0.717) is 12.1 Å². The largest absolute Gasteiger partial charge is 0.308 e. The van der Waals surface area contributed by atoms with Crippen LogP contribution in [0.3, 0.4) is 0 Å². The molecule has 0 saturated carbocycles. The van der Waals surface area contributed by atoms with Gasteiger partial charge in [-0.25, -0.2) is 0 Å². The lowest BCUT2D eigenvalue weighted by Gasteiger charge is -2.17. The number of nitrogens with one attached hydrogen (secondary N) is 1. The average Bonchev–Trinajstić information content (AvgIpc) is 2.59. The maximum absolute atomic E-state index is 4.31. The Bertz CT molecular complexity index is 485. The fourth-order valence-corrected chi connectivity index (χ4v) is 2.17. The molecule has 1 heterocycles. The van der Waals surface area contributed by atoms with Crippen molar-refractivity contribution >= 4 is 10.9 Å². The number of rotatable bonds is 3. The third-order valence-electron chi connectivity index (χ3n) is 2.88. The summed E-state index contributed by atoms with van der Waals surface area (Å²) in [5.41, 5.74) is 2.51. The fourth-order valence-electron chi connectivity index (χ4n) is 2.17. The molecule has 1 aromatic carbocycles.